The van der Waals surface area contributed by atoms with Crippen LogP contribution in [0.1, 0.15) is 49.9 Å². The van der Waals surface area contributed by atoms with Gasteiger partial charge in [0.1, 0.15) is 0 Å². The summed E-state index contributed by atoms with van der Waals surface area (Å²) < 4.78 is 0. The third-order valence-corrected chi connectivity index (χ3v) is 4.00. The Labute approximate surface area is 110 Å². The van der Waals surface area contributed by atoms with Crippen molar-refractivity contribution in [3.05, 3.63) is 35.9 Å². The maximum Gasteiger partial charge on any atom is 0.162 e. The van der Waals surface area contributed by atoms with Crippen LogP contribution in [0.25, 0.3) is 0 Å². The highest BCUT2D eigenvalue weighted by Gasteiger charge is 2.30. The molecule has 0 amide bonds. The first-order chi connectivity index (χ1) is 8.59. The Morgan fingerprint density at radius 2 is 2.00 bits per heavy atom. The number of hydrogen-bond acceptors (Lipinski definition) is 2. The smallest absolute Gasteiger partial charge is 0.162 e. The van der Waals surface area contributed by atoms with E-state index in [0.717, 1.165) is 18.5 Å². The van der Waals surface area contributed by atoms with Crippen molar-refractivity contribution in [2.75, 3.05) is 13.1 Å². The van der Waals surface area contributed by atoms with Crippen molar-refractivity contribution in [1.82, 2.24) is 4.90 Å². The fourth-order valence-electron chi connectivity index (χ4n) is 2.78. The SMILES string of the molecule is CC1(C)CCCN1CCCC(=O)c1ccccc1. The predicted octanol–water partition coefficient (Wildman–Crippen LogP) is 3.52. The molecular weight excluding hydrogens is 222 g/mol. The van der Waals surface area contributed by atoms with Crippen molar-refractivity contribution in [3.63, 3.8) is 0 Å². The highest BCUT2D eigenvalue weighted by Crippen LogP contribution is 2.28. The maximum atomic E-state index is 12.0. The predicted molar refractivity (Wildman–Crippen MR) is 74.9 cm³/mol. The van der Waals surface area contributed by atoms with Gasteiger partial charge in [0.2, 0.25) is 0 Å². The number of carbonyl (C=O) groups excluding carboxylic acids is 1. The minimum atomic E-state index is 0.271. The van der Waals surface area contributed by atoms with Gasteiger partial charge in [-0.3, -0.25) is 9.69 Å². The molecule has 0 unspecified atom stereocenters. The van der Waals surface area contributed by atoms with Crippen molar-refractivity contribution in [2.24, 2.45) is 0 Å². The zero-order chi connectivity index (χ0) is 13.0. The van der Waals surface area contributed by atoms with Crippen molar-refractivity contribution < 1.29 is 4.79 Å². The van der Waals surface area contributed by atoms with Gasteiger partial charge in [0, 0.05) is 17.5 Å². The Morgan fingerprint density at radius 1 is 1.28 bits per heavy atom. The molecule has 1 aliphatic rings. The second-order valence-electron chi connectivity index (χ2n) is 5.80. The molecule has 18 heavy (non-hydrogen) atoms. The molecule has 0 radical (unpaired) electrons. The first-order valence-corrected chi connectivity index (χ1v) is 6.93. The molecule has 0 bridgehead atoms. The van der Waals surface area contributed by atoms with Gasteiger partial charge in [0.15, 0.2) is 5.78 Å². The number of carbonyl (C=O) groups is 1. The second-order valence-corrected chi connectivity index (χ2v) is 5.80. The summed E-state index contributed by atoms with van der Waals surface area (Å²) >= 11 is 0. The molecule has 1 aromatic rings. The molecule has 1 aromatic carbocycles. The fraction of sp³-hybridized carbons (Fsp3) is 0.562. The lowest BCUT2D eigenvalue weighted by atomic mass is 10.0. The Morgan fingerprint density at radius 3 is 2.61 bits per heavy atom. The van der Waals surface area contributed by atoms with E-state index in [4.69, 9.17) is 0 Å². The van der Waals surface area contributed by atoms with Gasteiger partial charge in [-0.25, -0.2) is 0 Å². The Hall–Kier alpha value is -1.15. The summed E-state index contributed by atoms with van der Waals surface area (Å²) in [6.07, 6.45) is 4.20. The largest absolute Gasteiger partial charge is 0.298 e. The van der Waals surface area contributed by atoms with Crippen LogP contribution in [0.2, 0.25) is 0 Å². The van der Waals surface area contributed by atoms with Crippen LogP contribution in [0.5, 0.6) is 0 Å². The topological polar surface area (TPSA) is 20.3 Å². The summed E-state index contributed by atoms with van der Waals surface area (Å²) in [4.78, 5) is 14.5. The molecule has 0 N–H and O–H groups in total. The van der Waals surface area contributed by atoms with Crippen molar-refractivity contribution in [3.8, 4) is 0 Å². The minimum absolute atomic E-state index is 0.271. The maximum absolute atomic E-state index is 12.0. The summed E-state index contributed by atoms with van der Waals surface area (Å²) in [5.41, 5.74) is 1.17. The first-order valence-electron chi connectivity index (χ1n) is 6.93. The fourth-order valence-corrected chi connectivity index (χ4v) is 2.78. The van der Waals surface area contributed by atoms with Crippen LogP contribution in [0.4, 0.5) is 0 Å². The molecule has 1 heterocycles. The molecule has 0 spiro atoms. The zero-order valence-electron chi connectivity index (χ0n) is 11.5. The Bertz CT molecular complexity index is 397. The lowest BCUT2D eigenvalue weighted by molar-refractivity contribution is 0.0966. The Kier molecular flexibility index (Phi) is 4.18. The standard InChI is InChI=1S/C16H23NO/c1-16(2)11-7-13-17(16)12-6-10-15(18)14-8-4-3-5-9-14/h3-5,8-9H,6-7,10-13H2,1-2H3. The molecule has 1 fully saturated rings. The highest BCUT2D eigenvalue weighted by molar-refractivity contribution is 5.95. The molecule has 1 saturated heterocycles. The number of hydrogen-bond donors (Lipinski definition) is 0. The van der Waals surface area contributed by atoms with E-state index in [1.807, 2.05) is 30.3 Å². The summed E-state index contributed by atoms with van der Waals surface area (Å²) in [6, 6.07) is 9.61. The van der Waals surface area contributed by atoms with Gasteiger partial charge in [-0.15, -0.1) is 0 Å². The lowest BCUT2D eigenvalue weighted by Crippen LogP contribution is -2.38. The summed E-state index contributed by atoms with van der Waals surface area (Å²) in [5, 5.41) is 0. The number of rotatable bonds is 5. The second kappa shape index (κ2) is 5.66. The molecule has 0 saturated carbocycles. The number of ketones is 1. The molecule has 1 aliphatic heterocycles. The molecule has 2 heteroatoms. The van der Waals surface area contributed by atoms with Crippen molar-refractivity contribution in [1.29, 1.82) is 0 Å². The van der Waals surface area contributed by atoms with Gasteiger partial charge in [0.05, 0.1) is 0 Å². The normalized spacial score (nSPS) is 19.0. The van der Waals surface area contributed by atoms with Gasteiger partial charge in [-0.1, -0.05) is 30.3 Å². The third kappa shape index (κ3) is 3.20. The van der Waals surface area contributed by atoms with Crippen LogP contribution < -0.4 is 0 Å². The molecule has 0 atom stereocenters. The molecular formula is C16H23NO. The van der Waals surface area contributed by atoms with E-state index in [1.165, 1.54) is 19.4 Å². The van der Waals surface area contributed by atoms with Crippen molar-refractivity contribution in [2.45, 2.75) is 45.1 Å². The summed E-state index contributed by atoms with van der Waals surface area (Å²) in [6.45, 7) is 6.84. The van der Waals surface area contributed by atoms with Gasteiger partial charge in [0.25, 0.3) is 0 Å². The van der Waals surface area contributed by atoms with E-state index in [-0.39, 0.29) is 5.78 Å². The van der Waals surface area contributed by atoms with E-state index in [9.17, 15) is 4.79 Å². The molecule has 98 valence electrons. The molecule has 0 aromatic heterocycles. The Balaban J connectivity index is 1.78. The van der Waals surface area contributed by atoms with Crippen LogP contribution in [0.15, 0.2) is 30.3 Å². The van der Waals surface area contributed by atoms with E-state index in [1.54, 1.807) is 0 Å². The molecule has 2 nitrogen and oxygen atoms in total. The van der Waals surface area contributed by atoms with E-state index in [0.29, 0.717) is 12.0 Å². The number of Topliss-reactive ketones (excluding diaryl/α,β-unsaturated/α-hetero) is 1. The third-order valence-electron chi connectivity index (χ3n) is 4.00. The number of likely N-dealkylation sites (tertiary alicyclic amines) is 1. The highest BCUT2D eigenvalue weighted by atomic mass is 16.1. The van der Waals surface area contributed by atoms with Crippen LogP contribution >= 0.6 is 0 Å². The average Bonchev–Trinajstić information content (AvgIpc) is 2.70. The summed E-state index contributed by atoms with van der Waals surface area (Å²) in [5.74, 6) is 0.271. The van der Waals surface area contributed by atoms with Gasteiger partial charge >= 0.3 is 0 Å². The first kappa shape index (κ1) is 13.3. The van der Waals surface area contributed by atoms with Gasteiger partial charge in [-0.2, -0.15) is 0 Å². The van der Waals surface area contributed by atoms with E-state index >= 15 is 0 Å². The zero-order valence-corrected chi connectivity index (χ0v) is 11.5. The quantitative estimate of drug-likeness (QED) is 0.740. The summed E-state index contributed by atoms with van der Waals surface area (Å²) in [7, 11) is 0. The van der Waals surface area contributed by atoms with E-state index in [2.05, 4.69) is 18.7 Å². The minimum Gasteiger partial charge on any atom is -0.298 e. The van der Waals surface area contributed by atoms with Gasteiger partial charge < -0.3 is 0 Å². The lowest BCUT2D eigenvalue weighted by Gasteiger charge is -2.31. The molecule has 2 rings (SSSR count). The van der Waals surface area contributed by atoms with Crippen LogP contribution in [-0.4, -0.2) is 29.3 Å². The average molecular weight is 245 g/mol. The molecule has 0 aliphatic carbocycles. The monoisotopic (exact) mass is 245 g/mol. The van der Waals surface area contributed by atoms with Crippen LogP contribution in [-0.2, 0) is 0 Å². The number of nitrogens with zero attached hydrogens (tertiary/aromatic N) is 1. The van der Waals surface area contributed by atoms with Crippen LogP contribution in [0.3, 0.4) is 0 Å². The van der Waals surface area contributed by atoms with Crippen LogP contribution in [0, 0.1) is 0 Å². The van der Waals surface area contributed by atoms with E-state index < -0.39 is 0 Å². The van der Waals surface area contributed by atoms with Gasteiger partial charge in [-0.05, 0) is 46.2 Å². The number of benzene rings is 1. The van der Waals surface area contributed by atoms with Crippen molar-refractivity contribution >= 4 is 5.78 Å².